The molecule has 4 rings (SSSR count). The van der Waals surface area contributed by atoms with Crippen LogP contribution in [0.4, 0.5) is 0 Å². The maximum absolute atomic E-state index is 12.7. The lowest BCUT2D eigenvalue weighted by atomic mass is 10.0. The van der Waals surface area contributed by atoms with E-state index in [-0.39, 0.29) is 6.04 Å². The molecule has 0 saturated carbocycles. The Labute approximate surface area is 164 Å². The van der Waals surface area contributed by atoms with Crippen molar-refractivity contribution in [3.05, 3.63) is 53.9 Å². The van der Waals surface area contributed by atoms with Crippen LogP contribution in [0, 0.1) is 0 Å². The standard InChI is InChI=1S/C21H25N3O4/c22-17(14-24-8-1-2-9-24)20(28-21(25)16-4-3-7-23-13-16)15-5-6-18-19(12-15)27-11-10-26-18/h3-7,12-13,17,20H,1-2,8-11,14,22H2/t17-,20-/m1/s1. The first-order valence-electron chi connectivity index (χ1n) is 9.69. The predicted octanol–water partition coefficient (Wildman–Crippen LogP) is 2.17. The largest absolute Gasteiger partial charge is 0.486 e. The SMILES string of the molecule is N[C@H](CN1CCCC1)[C@H](OC(=O)c1cccnc1)c1ccc2c(c1)OCCO2. The molecule has 2 N–H and O–H groups in total. The molecule has 1 aromatic carbocycles. The molecule has 3 heterocycles. The zero-order valence-electron chi connectivity index (χ0n) is 15.8. The van der Waals surface area contributed by atoms with Crippen LogP contribution >= 0.6 is 0 Å². The number of nitrogens with zero attached hydrogens (tertiary/aromatic N) is 2. The van der Waals surface area contributed by atoms with E-state index in [1.165, 1.54) is 19.0 Å². The van der Waals surface area contributed by atoms with E-state index in [4.69, 9.17) is 19.9 Å². The molecule has 0 bridgehead atoms. The van der Waals surface area contributed by atoms with E-state index in [1.807, 2.05) is 18.2 Å². The number of likely N-dealkylation sites (tertiary alicyclic amines) is 1. The van der Waals surface area contributed by atoms with Gasteiger partial charge in [-0.15, -0.1) is 0 Å². The van der Waals surface area contributed by atoms with Crippen molar-refractivity contribution in [3.63, 3.8) is 0 Å². The minimum Gasteiger partial charge on any atom is -0.486 e. The van der Waals surface area contributed by atoms with Crippen molar-refractivity contribution in [2.24, 2.45) is 5.73 Å². The smallest absolute Gasteiger partial charge is 0.340 e. The van der Waals surface area contributed by atoms with Crippen molar-refractivity contribution in [2.75, 3.05) is 32.8 Å². The Morgan fingerprint density at radius 2 is 1.96 bits per heavy atom. The van der Waals surface area contributed by atoms with Crippen LogP contribution < -0.4 is 15.2 Å². The number of carbonyl (C=O) groups excluding carboxylic acids is 1. The fourth-order valence-corrected chi connectivity index (χ4v) is 3.67. The number of pyridine rings is 1. The van der Waals surface area contributed by atoms with Gasteiger partial charge in [0.15, 0.2) is 11.5 Å². The van der Waals surface area contributed by atoms with Gasteiger partial charge >= 0.3 is 5.97 Å². The van der Waals surface area contributed by atoms with E-state index in [9.17, 15) is 4.79 Å². The Hall–Kier alpha value is -2.64. The summed E-state index contributed by atoms with van der Waals surface area (Å²) in [5, 5.41) is 0. The first-order valence-corrected chi connectivity index (χ1v) is 9.69. The maximum Gasteiger partial charge on any atom is 0.340 e. The fourth-order valence-electron chi connectivity index (χ4n) is 3.67. The van der Waals surface area contributed by atoms with Gasteiger partial charge in [0.2, 0.25) is 0 Å². The monoisotopic (exact) mass is 383 g/mol. The molecule has 2 aliphatic heterocycles. The molecule has 0 amide bonds. The zero-order chi connectivity index (χ0) is 19.3. The van der Waals surface area contributed by atoms with Crippen molar-refractivity contribution in [1.82, 2.24) is 9.88 Å². The molecule has 0 spiro atoms. The fraction of sp³-hybridized carbons (Fsp3) is 0.429. The van der Waals surface area contributed by atoms with Crippen LogP contribution in [0.5, 0.6) is 11.5 Å². The molecule has 148 valence electrons. The second-order valence-corrected chi connectivity index (χ2v) is 7.14. The summed E-state index contributed by atoms with van der Waals surface area (Å²) in [6.45, 7) is 3.74. The maximum atomic E-state index is 12.7. The number of ether oxygens (including phenoxy) is 3. The molecule has 1 saturated heterocycles. The van der Waals surface area contributed by atoms with E-state index >= 15 is 0 Å². The zero-order valence-corrected chi connectivity index (χ0v) is 15.8. The molecule has 7 nitrogen and oxygen atoms in total. The summed E-state index contributed by atoms with van der Waals surface area (Å²) in [4.78, 5) is 19.0. The van der Waals surface area contributed by atoms with Crippen molar-refractivity contribution < 1.29 is 19.0 Å². The van der Waals surface area contributed by atoms with E-state index in [1.54, 1.807) is 18.3 Å². The number of hydrogen-bond donors (Lipinski definition) is 1. The van der Waals surface area contributed by atoms with Crippen LogP contribution in [0.25, 0.3) is 0 Å². The van der Waals surface area contributed by atoms with E-state index in [0.29, 0.717) is 36.8 Å². The molecule has 2 atom stereocenters. The normalized spacial score (nSPS) is 18.5. The van der Waals surface area contributed by atoms with Gasteiger partial charge in [0, 0.05) is 18.9 Å². The first-order chi connectivity index (χ1) is 13.7. The number of esters is 1. The molecule has 2 aromatic rings. The third-order valence-corrected chi connectivity index (χ3v) is 5.08. The van der Waals surface area contributed by atoms with Gasteiger partial charge in [-0.1, -0.05) is 6.07 Å². The summed E-state index contributed by atoms with van der Waals surface area (Å²) in [6, 6.07) is 8.62. The number of fused-ring (bicyclic) bond motifs is 1. The Balaban J connectivity index is 1.57. The predicted molar refractivity (Wildman–Crippen MR) is 103 cm³/mol. The highest BCUT2D eigenvalue weighted by Gasteiger charge is 2.29. The molecule has 28 heavy (non-hydrogen) atoms. The second kappa shape index (κ2) is 8.58. The van der Waals surface area contributed by atoms with Gasteiger partial charge < -0.3 is 24.8 Å². The van der Waals surface area contributed by atoms with Gasteiger partial charge in [0.05, 0.1) is 11.6 Å². The number of aromatic nitrogens is 1. The average Bonchev–Trinajstić information content (AvgIpc) is 3.25. The van der Waals surface area contributed by atoms with E-state index in [2.05, 4.69) is 9.88 Å². The number of rotatable bonds is 6. The highest BCUT2D eigenvalue weighted by molar-refractivity contribution is 5.89. The topological polar surface area (TPSA) is 86.9 Å². The lowest BCUT2D eigenvalue weighted by molar-refractivity contribution is 0.0200. The third-order valence-electron chi connectivity index (χ3n) is 5.08. The average molecular weight is 383 g/mol. The molecular formula is C21H25N3O4. The second-order valence-electron chi connectivity index (χ2n) is 7.14. The van der Waals surface area contributed by atoms with Gasteiger partial charge in [-0.2, -0.15) is 0 Å². The van der Waals surface area contributed by atoms with Gasteiger partial charge in [0.25, 0.3) is 0 Å². The number of nitrogens with two attached hydrogens (primary N) is 1. The molecule has 7 heteroatoms. The Morgan fingerprint density at radius 1 is 1.18 bits per heavy atom. The van der Waals surface area contributed by atoms with E-state index < -0.39 is 12.1 Å². The van der Waals surface area contributed by atoms with Gasteiger partial charge in [-0.25, -0.2) is 4.79 Å². The summed E-state index contributed by atoms with van der Waals surface area (Å²) < 4.78 is 17.1. The van der Waals surface area contributed by atoms with Gasteiger partial charge in [0.1, 0.15) is 19.3 Å². The Morgan fingerprint density at radius 3 is 2.71 bits per heavy atom. The molecule has 0 unspecified atom stereocenters. The Bertz CT molecular complexity index is 809. The van der Waals surface area contributed by atoms with E-state index in [0.717, 1.165) is 18.7 Å². The lowest BCUT2D eigenvalue weighted by Gasteiger charge is -2.29. The number of benzene rings is 1. The third kappa shape index (κ3) is 4.26. The summed E-state index contributed by atoms with van der Waals surface area (Å²) in [5.41, 5.74) is 7.73. The first kappa shape index (κ1) is 18.7. The van der Waals surface area contributed by atoms with Crippen molar-refractivity contribution in [1.29, 1.82) is 0 Å². The number of hydrogen-bond acceptors (Lipinski definition) is 7. The summed E-state index contributed by atoms with van der Waals surface area (Å²) in [7, 11) is 0. The van der Waals surface area contributed by atoms with Crippen LogP contribution in [0.2, 0.25) is 0 Å². The van der Waals surface area contributed by atoms with Crippen molar-refractivity contribution in [2.45, 2.75) is 25.0 Å². The van der Waals surface area contributed by atoms with Crippen LogP contribution in [0.1, 0.15) is 34.9 Å². The van der Waals surface area contributed by atoms with Crippen LogP contribution in [-0.2, 0) is 4.74 Å². The lowest BCUT2D eigenvalue weighted by Crippen LogP contribution is -2.41. The molecule has 1 aromatic heterocycles. The molecule has 0 aliphatic carbocycles. The minimum absolute atomic E-state index is 0.360. The van der Waals surface area contributed by atoms with Crippen LogP contribution in [0.3, 0.4) is 0 Å². The number of carbonyl (C=O) groups is 1. The summed E-state index contributed by atoms with van der Waals surface area (Å²) >= 11 is 0. The summed E-state index contributed by atoms with van der Waals surface area (Å²) in [5.74, 6) is 0.907. The highest BCUT2D eigenvalue weighted by atomic mass is 16.6. The molecule has 2 aliphatic rings. The Kier molecular flexibility index (Phi) is 5.73. The highest BCUT2D eigenvalue weighted by Crippen LogP contribution is 2.34. The quantitative estimate of drug-likeness (QED) is 0.765. The van der Waals surface area contributed by atoms with Crippen LogP contribution in [0.15, 0.2) is 42.7 Å². The molecular weight excluding hydrogens is 358 g/mol. The van der Waals surface area contributed by atoms with Crippen LogP contribution in [-0.4, -0.2) is 54.7 Å². The van der Waals surface area contributed by atoms with Gasteiger partial charge in [-0.05, 0) is 55.8 Å². The summed E-state index contributed by atoms with van der Waals surface area (Å²) in [6.07, 6.45) is 4.88. The molecule has 1 fully saturated rings. The minimum atomic E-state index is -0.593. The van der Waals surface area contributed by atoms with Crippen molar-refractivity contribution in [3.8, 4) is 11.5 Å². The van der Waals surface area contributed by atoms with Gasteiger partial charge in [-0.3, -0.25) is 4.98 Å². The molecule has 0 radical (unpaired) electrons. The van der Waals surface area contributed by atoms with Crippen molar-refractivity contribution >= 4 is 5.97 Å².